The van der Waals surface area contributed by atoms with E-state index in [9.17, 15) is 14.3 Å². The summed E-state index contributed by atoms with van der Waals surface area (Å²) < 4.78 is 12.4. The van der Waals surface area contributed by atoms with Gasteiger partial charge in [0.05, 0.1) is 5.97 Å². The molecule has 0 aromatic carbocycles. The van der Waals surface area contributed by atoms with Crippen molar-refractivity contribution in [3.8, 4) is 0 Å². The van der Waals surface area contributed by atoms with E-state index in [4.69, 9.17) is 0 Å². The minimum Gasteiger partial charge on any atom is -0.547 e. The predicted molar refractivity (Wildman–Crippen MR) is 43.3 cm³/mol. The van der Waals surface area contributed by atoms with Gasteiger partial charge in [-0.25, -0.2) is 4.39 Å². The van der Waals surface area contributed by atoms with Gasteiger partial charge in [-0.1, -0.05) is 39.0 Å². The van der Waals surface area contributed by atoms with Crippen LogP contribution in [-0.2, 0) is 4.79 Å². The first kappa shape index (κ1) is 15.9. The van der Waals surface area contributed by atoms with E-state index in [-0.39, 0.29) is 36.0 Å². The molecule has 13 heavy (non-hydrogen) atoms. The number of halogens is 1. The van der Waals surface area contributed by atoms with Crippen molar-refractivity contribution < 1.29 is 43.8 Å². The second-order valence-corrected chi connectivity index (χ2v) is 2.99. The van der Waals surface area contributed by atoms with Crippen molar-refractivity contribution in [1.29, 1.82) is 0 Å². The Morgan fingerprint density at radius 3 is 2.31 bits per heavy atom. The van der Waals surface area contributed by atoms with E-state index in [2.05, 4.69) is 6.92 Å². The van der Waals surface area contributed by atoms with Crippen LogP contribution in [0.3, 0.4) is 0 Å². The topological polar surface area (TPSA) is 40.1 Å². The maximum atomic E-state index is 12.4. The Balaban J connectivity index is 0. The van der Waals surface area contributed by atoms with Gasteiger partial charge in [-0.2, -0.15) is 0 Å². The second-order valence-electron chi connectivity index (χ2n) is 2.99. The molecular formula is C9H16FNaO2. The molecule has 4 heteroatoms. The summed E-state index contributed by atoms with van der Waals surface area (Å²) in [6, 6.07) is 0. The molecule has 0 fully saturated rings. The van der Waals surface area contributed by atoms with Gasteiger partial charge in [0.2, 0.25) is 0 Å². The average Bonchev–Trinajstić information content (AvgIpc) is 2.03. The molecule has 0 N–H and O–H groups in total. The molecule has 0 amide bonds. The Hall–Kier alpha value is 0.400. The summed E-state index contributed by atoms with van der Waals surface area (Å²) in [6.07, 6.45) is 3.24. The Labute approximate surface area is 101 Å². The van der Waals surface area contributed by atoms with Gasteiger partial charge in [0.15, 0.2) is 0 Å². The number of carbonyl (C=O) groups is 1. The third-order valence-corrected chi connectivity index (χ3v) is 1.82. The number of carbonyl (C=O) groups excluding carboxylic acids is 1. The van der Waals surface area contributed by atoms with E-state index in [0.717, 1.165) is 25.7 Å². The molecule has 0 radical (unpaired) electrons. The molecule has 0 aliphatic rings. The van der Waals surface area contributed by atoms with Crippen LogP contribution in [0.15, 0.2) is 0 Å². The van der Waals surface area contributed by atoms with E-state index in [0.29, 0.717) is 6.42 Å². The van der Waals surface area contributed by atoms with Crippen molar-refractivity contribution in [3.63, 3.8) is 0 Å². The summed E-state index contributed by atoms with van der Waals surface area (Å²) in [4.78, 5) is 9.93. The fourth-order valence-corrected chi connectivity index (χ4v) is 1.04. The zero-order valence-electron chi connectivity index (χ0n) is 8.51. The van der Waals surface area contributed by atoms with Crippen LogP contribution in [0.2, 0.25) is 0 Å². The molecule has 0 rings (SSSR count). The summed E-state index contributed by atoms with van der Waals surface area (Å²) >= 11 is 0. The van der Waals surface area contributed by atoms with Crippen molar-refractivity contribution in [3.05, 3.63) is 0 Å². The first-order valence-electron chi connectivity index (χ1n) is 4.53. The minimum absolute atomic E-state index is 0. The molecule has 0 saturated carbocycles. The number of rotatable bonds is 7. The molecule has 0 heterocycles. The number of aliphatic carboxylic acids is 1. The van der Waals surface area contributed by atoms with Crippen molar-refractivity contribution in [1.82, 2.24) is 0 Å². The number of carboxylic acid groups (broad SMARTS) is 1. The predicted octanol–water partition coefficient (Wildman–Crippen LogP) is -1.56. The van der Waals surface area contributed by atoms with Gasteiger partial charge in [-0.05, 0) is 6.42 Å². The largest absolute Gasteiger partial charge is 1.00 e. The maximum Gasteiger partial charge on any atom is 1.00 e. The Morgan fingerprint density at radius 1 is 1.31 bits per heavy atom. The molecule has 0 aliphatic heterocycles. The smallest absolute Gasteiger partial charge is 0.547 e. The fourth-order valence-electron chi connectivity index (χ4n) is 1.04. The molecule has 0 aromatic heterocycles. The van der Waals surface area contributed by atoms with Crippen LogP contribution in [0.5, 0.6) is 0 Å². The first-order valence-corrected chi connectivity index (χ1v) is 4.53. The summed E-state index contributed by atoms with van der Waals surface area (Å²) in [6.45, 7) is 2.10. The van der Waals surface area contributed by atoms with E-state index in [1.807, 2.05) is 0 Å². The molecule has 1 atom stereocenters. The van der Waals surface area contributed by atoms with Gasteiger partial charge in [0, 0.05) is 0 Å². The summed E-state index contributed by atoms with van der Waals surface area (Å²) in [5.74, 6) is -1.58. The number of alkyl halides is 1. The van der Waals surface area contributed by atoms with Crippen molar-refractivity contribution >= 4 is 5.97 Å². The van der Waals surface area contributed by atoms with E-state index in [1.54, 1.807) is 0 Å². The van der Waals surface area contributed by atoms with Gasteiger partial charge in [0.25, 0.3) is 0 Å². The van der Waals surface area contributed by atoms with Crippen LogP contribution >= 0.6 is 0 Å². The molecule has 2 nitrogen and oxygen atoms in total. The molecule has 1 unspecified atom stereocenters. The second kappa shape index (κ2) is 10.5. The maximum absolute atomic E-state index is 12.4. The SMILES string of the molecule is CCCCCCCC(F)C(=O)[O-].[Na+]. The van der Waals surface area contributed by atoms with Crippen LogP contribution < -0.4 is 34.7 Å². The third-order valence-electron chi connectivity index (χ3n) is 1.82. The average molecular weight is 198 g/mol. The van der Waals surface area contributed by atoms with Crippen molar-refractivity contribution in [2.24, 2.45) is 0 Å². The molecule has 0 saturated heterocycles. The van der Waals surface area contributed by atoms with Gasteiger partial charge in [0.1, 0.15) is 6.17 Å². The quantitative estimate of drug-likeness (QED) is 0.366. The van der Waals surface area contributed by atoms with Gasteiger partial charge >= 0.3 is 29.6 Å². The van der Waals surface area contributed by atoms with Crippen LogP contribution in [0.4, 0.5) is 4.39 Å². The molecular weight excluding hydrogens is 182 g/mol. The van der Waals surface area contributed by atoms with Gasteiger partial charge in [-0.3, -0.25) is 0 Å². The molecule has 0 bridgehead atoms. The molecule has 0 spiro atoms. The van der Waals surface area contributed by atoms with E-state index in [1.165, 1.54) is 0 Å². The van der Waals surface area contributed by atoms with E-state index >= 15 is 0 Å². The van der Waals surface area contributed by atoms with Crippen LogP contribution in [-0.4, -0.2) is 12.1 Å². The van der Waals surface area contributed by atoms with Crippen LogP contribution in [0.25, 0.3) is 0 Å². The van der Waals surface area contributed by atoms with Crippen LogP contribution in [0.1, 0.15) is 45.4 Å². The number of hydrogen-bond acceptors (Lipinski definition) is 2. The van der Waals surface area contributed by atoms with E-state index < -0.39 is 12.1 Å². The summed E-state index contributed by atoms with van der Waals surface area (Å²) in [5, 5.41) is 9.93. The first-order chi connectivity index (χ1) is 5.68. The Bertz CT molecular complexity index is 131. The summed E-state index contributed by atoms with van der Waals surface area (Å²) in [5.41, 5.74) is 0. The number of carboxylic acids is 1. The minimum atomic E-state index is -1.77. The fraction of sp³-hybridized carbons (Fsp3) is 0.889. The summed E-state index contributed by atoms with van der Waals surface area (Å²) in [7, 11) is 0. The zero-order valence-corrected chi connectivity index (χ0v) is 10.5. The Morgan fingerprint density at radius 2 is 1.85 bits per heavy atom. The molecule has 0 aliphatic carbocycles. The zero-order chi connectivity index (χ0) is 9.40. The van der Waals surface area contributed by atoms with Crippen LogP contribution in [0, 0.1) is 0 Å². The molecule has 72 valence electrons. The standard InChI is InChI=1S/C9H17FO2.Na/c1-2-3-4-5-6-7-8(10)9(11)12;/h8H,2-7H2,1H3,(H,11,12);/q;+1/p-1. The number of hydrogen-bond donors (Lipinski definition) is 0. The Kier molecular flexibility index (Phi) is 12.8. The van der Waals surface area contributed by atoms with Gasteiger partial charge in [-0.15, -0.1) is 0 Å². The number of unbranched alkanes of at least 4 members (excludes halogenated alkanes) is 4. The van der Waals surface area contributed by atoms with Crippen molar-refractivity contribution in [2.75, 3.05) is 0 Å². The molecule has 0 aromatic rings. The van der Waals surface area contributed by atoms with Gasteiger partial charge < -0.3 is 9.90 Å². The monoisotopic (exact) mass is 198 g/mol. The normalized spacial score (nSPS) is 11.8. The van der Waals surface area contributed by atoms with Crippen molar-refractivity contribution in [2.45, 2.75) is 51.6 Å². The third kappa shape index (κ3) is 10.3.